The SMILES string of the molecule is CNC1CN(c2ccnc(NCCCC(F)(F)F)c2)C1. The van der Waals surface area contributed by atoms with Gasteiger partial charge in [-0.15, -0.1) is 0 Å². The van der Waals surface area contributed by atoms with E-state index in [2.05, 4.69) is 20.5 Å². The van der Waals surface area contributed by atoms with Crippen molar-refractivity contribution in [3.8, 4) is 0 Å². The summed E-state index contributed by atoms with van der Waals surface area (Å²) >= 11 is 0. The molecule has 0 radical (unpaired) electrons. The zero-order valence-corrected chi connectivity index (χ0v) is 11.4. The predicted octanol–water partition coefficient (Wildman–Crippen LogP) is 2.24. The van der Waals surface area contributed by atoms with E-state index < -0.39 is 12.6 Å². The number of hydrogen-bond donors (Lipinski definition) is 2. The van der Waals surface area contributed by atoms with Crippen LogP contribution in [-0.4, -0.2) is 43.9 Å². The standard InChI is InChI=1S/C13H19F3N4/c1-17-10-8-20(9-10)11-3-6-19-12(7-11)18-5-2-4-13(14,15)16/h3,6-7,10,17H,2,4-5,8-9H2,1H3,(H,18,19). The van der Waals surface area contributed by atoms with Gasteiger partial charge in [0.05, 0.1) is 0 Å². The molecule has 1 saturated heterocycles. The van der Waals surface area contributed by atoms with E-state index in [1.54, 1.807) is 6.20 Å². The predicted molar refractivity (Wildman–Crippen MR) is 73.1 cm³/mol. The smallest absolute Gasteiger partial charge is 0.370 e. The largest absolute Gasteiger partial charge is 0.389 e. The maximum Gasteiger partial charge on any atom is 0.389 e. The molecule has 1 aliphatic heterocycles. The van der Waals surface area contributed by atoms with E-state index >= 15 is 0 Å². The van der Waals surface area contributed by atoms with Crippen molar-refractivity contribution in [3.05, 3.63) is 18.3 Å². The fourth-order valence-electron chi connectivity index (χ4n) is 2.09. The third kappa shape index (κ3) is 4.26. The second-order valence-corrected chi connectivity index (χ2v) is 4.94. The fraction of sp³-hybridized carbons (Fsp3) is 0.615. The van der Waals surface area contributed by atoms with E-state index in [-0.39, 0.29) is 13.0 Å². The Morgan fingerprint density at radius 3 is 2.80 bits per heavy atom. The Hall–Kier alpha value is -1.50. The first kappa shape index (κ1) is 14.9. The van der Waals surface area contributed by atoms with Crippen molar-refractivity contribution >= 4 is 11.5 Å². The number of aromatic nitrogens is 1. The molecule has 1 fully saturated rings. The average Bonchev–Trinajstić information content (AvgIpc) is 2.33. The van der Waals surface area contributed by atoms with Crippen LogP contribution in [0.25, 0.3) is 0 Å². The van der Waals surface area contributed by atoms with Gasteiger partial charge in [-0.05, 0) is 19.5 Å². The summed E-state index contributed by atoms with van der Waals surface area (Å²) in [5.41, 5.74) is 1.05. The van der Waals surface area contributed by atoms with Crippen LogP contribution in [0.1, 0.15) is 12.8 Å². The van der Waals surface area contributed by atoms with Gasteiger partial charge in [0.25, 0.3) is 0 Å². The van der Waals surface area contributed by atoms with Crippen LogP contribution >= 0.6 is 0 Å². The van der Waals surface area contributed by atoms with Crippen LogP contribution in [0.15, 0.2) is 18.3 Å². The zero-order valence-electron chi connectivity index (χ0n) is 11.4. The zero-order chi connectivity index (χ0) is 14.6. The lowest BCUT2D eigenvalue weighted by molar-refractivity contribution is -0.134. The fourth-order valence-corrected chi connectivity index (χ4v) is 2.09. The first-order chi connectivity index (χ1) is 9.48. The maximum atomic E-state index is 12.0. The highest BCUT2D eigenvalue weighted by Crippen LogP contribution is 2.23. The van der Waals surface area contributed by atoms with Crippen molar-refractivity contribution in [3.63, 3.8) is 0 Å². The van der Waals surface area contributed by atoms with Gasteiger partial charge < -0.3 is 15.5 Å². The van der Waals surface area contributed by atoms with Crippen molar-refractivity contribution in [2.75, 3.05) is 36.9 Å². The van der Waals surface area contributed by atoms with Crippen LogP contribution in [0, 0.1) is 0 Å². The minimum Gasteiger partial charge on any atom is -0.370 e. The topological polar surface area (TPSA) is 40.2 Å². The number of halogens is 3. The Labute approximate surface area is 116 Å². The second-order valence-electron chi connectivity index (χ2n) is 4.94. The lowest BCUT2D eigenvalue weighted by Crippen LogP contribution is -2.57. The van der Waals surface area contributed by atoms with E-state index in [1.807, 2.05) is 19.2 Å². The summed E-state index contributed by atoms with van der Waals surface area (Å²) in [6.07, 6.45) is -3.12. The highest BCUT2D eigenvalue weighted by atomic mass is 19.4. The molecule has 7 heteroatoms. The quantitative estimate of drug-likeness (QED) is 0.788. The number of hydrogen-bond acceptors (Lipinski definition) is 4. The molecule has 0 bridgehead atoms. The summed E-state index contributed by atoms with van der Waals surface area (Å²) in [6.45, 7) is 2.15. The molecule has 0 aliphatic carbocycles. The number of anilines is 2. The average molecular weight is 288 g/mol. The lowest BCUT2D eigenvalue weighted by atomic mass is 10.1. The molecule has 0 atom stereocenters. The maximum absolute atomic E-state index is 12.0. The minimum atomic E-state index is -4.09. The number of rotatable bonds is 6. The third-order valence-corrected chi connectivity index (χ3v) is 3.34. The van der Waals surface area contributed by atoms with Crippen molar-refractivity contribution < 1.29 is 13.2 Å². The van der Waals surface area contributed by atoms with Crippen LogP contribution in [0.5, 0.6) is 0 Å². The van der Waals surface area contributed by atoms with E-state index in [0.29, 0.717) is 11.9 Å². The van der Waals surface area contributed by atoms with Crippen LogP contribution < -0.4 is 15.5 Å². The summed E-state index contributed by atoms with van der Waals surface area (Å²) in [5.74, 6) is 0.623. The molecule has 0 spiro atoms. The molecule has 2 heterocycles. The molecule has 112 valence electrons. The second kappa shape index (κ2) is 6.30. The molecule has 4 nitrogen and oxygen atoms in total. The Bertz CT molecular complexity index is 430. The van der Waals surface area contributed by atoms with E-state index in [0.717, 1.165) is 18.8 Å². The van der Waals surface area contributed by atoms with Crippen LogP contribution in [0.3, 0.4) is 0 Å². The number of nitrogens with zero attached hydrogens (tertiary/aromatic N) is 2. The molecule has 0 unspecified atom stereocenters. The number of alkyl halides is 3. The minimum absolute atomic E-state index is 0.0565. The molecular weight excluding hydrogens is 269 g/mol. The third-order valence-electron chi connectivity index (χ3n) is 3.34. The summed E-state index contributed by atoms with van der Waals surface area (Å²) in [4.78, 5) is 6.32. The normalized spacial score (nSPS) is 16.1. The highest BCUT2D eigenvalue weighted by molar-refractivity contribution is 5.55. The van der Waals surface area contributed by atoms with Gasteiger partial charge in [-0.2, -0.15) is 13.2 Å². The van der Waals surface area contributed by atoms with Gasteiger partial charge in [-0.1, -0.05) is 0 Å². The van der Waals surface area contributed by atoms with Crippen LogP contribution in [0.2, 0.25) is 0 Å². The Morgan fingerprint density at radius 2 is 2.15 bits per heavy atom. The van der Waals surface area contributed by atoms with Crippen molar-refractivity contribution in [2.45, 2.75) is 25.1 Å². The molecule has 2 N–H and O–H groups in total. The highest BCUT2D eigenvalue weighted by Gasteiger charge is 2.26. The molecule has 1 aromatic rings. The van der Waals surface area contributed by atoms with Crippen LogP contribution in [0.4, 0.5) is 24.7 Å². The Kier molecular flexibility index (Phi) is 4.69. The lowest BCUT2D eigenvalue weighted by Gasteiger charge is -2.40. The monoisotopic (exact) mass is 288 g/mol. The number of nitrogens with one attached hydrogen (secondary N) is 2. The summed E-state index contributed by atoms with van der Waals surface area (Å²) in [7, 11) is 1.93. The molecule has 0 aromatic carbocycles. The van der Waals surface area contributed by atoms with E-state index in [9.17, 15) is 13.2 Å². The van der Waals surface area contributed by atoms with E-state index in [4.69, 9.17) is 0 Å². The molecule has 0 amide bonds. The van der Waals surface area contributed by atoms with Gasteiger partial charge in [0, 0.05) is 50.0 Å². The molecule has 0 saturated carbocycles. The van der Waals surface area contributed by atoms with Gasteiger partial charge in [0.2, 0.25) is 0 Å². The molecule has 1 aromatic heterocycles. The number of likely N-dealkylation sites (N-methyl/N-ethyl adjacent to an activating group) is 1. The van der Waals surface area contributed by atoms with Crippen molar-refractivity contribution in [1.82, 2.24) is 10.3 Å². The summed E-state index contributed by atoms with van der Waals surface area (Å²) in [5, 5.41) is 6.12. The van der Waals surface area contributed by atoms with E-state index in [1.165, 1.54) is 0 Å². The van der Waals surface area contributed by atoms with Crippen molar-refractivity contribution in [2.24, 2.45) is 0 Å². The first-order valence-corrected chi connectivity index (χ1v) is 6.67. The van der Waals surface area contributed by atoms with Gasteiger partial charge in [0.15, 0.2) is 0 Å². The van der Waals surface area contributed by atoms with Gasteiger partial charge >= 0.3 is 6.18 Å². The summed E-state index contributed by atoms with van der Waals surface area (Å²) in [6, 6.07) is 4.29. The van der Waals surface area contributed by atoms with Gasteiger partial charge in [-0.25, -0.2) is 4.98 Å². The Balaban J connectivity index is 1.78. The van der Waals surface area contributed by atoms with Crippen molar-refractivity contribution in [1.29, 1.82) is 0 Å². The summed E-state index contributed by atoms with van der Waals surface area (Å²) < 4.78 is 36.1. The van der Waals surface area contributed by atoms with Gasteiger partial charge in [0.1, 0.15) is 5.82 Å². The Morgan fingerprint density at radius 1 is 1.40 bits per heavy atom. The first-order valence-electron chi connectivity index (χ1n) is 6.67. The molecule has 2 rings (SSSR count). The number of pyridine rings is 1. The molecule has 20 heavy (non-hydrogen) atoms. The molecular formula is C13H19F3N4. The van der Waals surface area contributed by atoms with Gasteiger partial charge in [-0.3, -0.25) is 0 Å². The molecule has 1 aliphatic rings. The van der Waals surface area contributed by atoms with Crippen LogP contribution in [-0.2, 0) is 0 Å².